The first kappa shape index (κ1) is 26.2. The van der Waals surface area contributed by atoms with Gasteiger partial charge in [0.25, 0.3) is 17.1 Å². The maximum atomic E-state index is 13.1. The molecule has 1 N–H and O–H groups in total. The second-order valence-corrected chi connectivity index (χ2v) is 10.3. The average Bonchev–Trinajstić information content (AvgIpc) is 3.44. The smallest absolute Gasteiger partial charge is 0.293 e. The maximum absolute atomic E-state index is 13.1. The molecule has 12 heteroatoms. The van der Waals surface area contributed by atoms with Crippen LogP contribution in [0.15, 0.2) is 59.5 Å². The molecule has 1 fully saturated rings. The summed E-state index contributed by atoms with van der Waals surface area (Å²) in [5, 5.41) is 3.34. The second kappa shape index (κ2) is 11.2. The van der Waals surface area contributed by atoms with Crippen LogP contribution in [0.2, 0.25) is 15.1 Å². The third-order valence-electron chi connectivity index (χ3n) is 5.51. The van der Waals surface area contributed by atoms with Gasteiger partial charge in [-0.3, -0.25) is 19.3 Å². The van der Waals surface area contributed by atoms with Gasteiger partial charge in [-0.1, -0.05) is 46.9 Å². The highest BCUT2D eigenvalue weighted by molar-refractivity contribution is 8.18. The van der Waals surface area contributed by atoms with E-state index < -0.39 is 17.1 Å². The Morgan fingerprint density at radius 2 is 1.79 bits per heavy atom. The largest absolute Gasteiger partial charge is 0.483 e. The minimum Gasteiger partial charge on any atom is -0.483 e. The monoisotopic (exact) mass is 590 g/mol. The molecular formula is C26H17Cl3N2O6S. The molecule has 3 aromatic rings. The lowest BCUT2D eigenvalue weighted by atomic mass is 10.1. The molecule has 2 heterocycles. The summed E-state index contributed by atoms with van der Waals surface area (Å²) in [6, 6.07) is 14.8. The van der Waals surface area contributed by atoms with Crippen molar-refractivity contribution in [3.63, 3.8) is 0 Å². The summed E-state index contributed by atoms with van der Waals surface area (Å²) in [5.41, 5.74) is 1.42. The maximum Gasteiger partial charge on any atom is 0.293 e. The molecule has 5 rings (SSSR count). The van der Waals surface area contributed by atoms with E-state index >= 15 is 0 Å². The molecule has 1 saturated heterocycles. The molecule has 38 heavy (non-hydrogen) atoms. The van der Waals surface area contributed by atoms with E-state index in [0.29, 0.717) is 49.1 Å². The minimum atomic E-state index is -0.504. The summed E-state index contributed by atoms with van der Waals surface area (Å²) in [4.78, 5) is 39.5. The van der Waals surface area contributed by atoms with E-state index in [1.54, 1.807) is 54.6 Å². The lowest BCUT2D eigenvalue weighted by Crippen LogP contribution is -2.27. The van der Waals surface area contributed by atoms with E-state index in [1.807, 2.05) is 0 Å². The fraction of sp³-hybridized carbons (Fsp3) is 0.115. The number of hydrogen-bond donors (Lipinski definition) is 1. The van der Waals surface area contributed by atoms with Crippen LogP contribution in [0.5, 0.6) is 17.2 Å². The molecule has 0 bridgehead atoms. The highest BCUT2D eigenvalue weighted by Crippen LogP contribution is 2.40. The number of ether oxygens (including phenoxy) is 3. The van der Waals surface area contributed by atoms with Gasteiger partial charge in [-0.05, 0) is 59.8 Å². The van der Waals surface area contributed by atoms with Gasteiger partial charge in [-0.15, -0.1) is 0 Å². The number of anilines is 1. The third kappa shape index (κ3) is 5.71. The zero-order valence-electron chi connectivity index (χ0n) is 19.3. The summed E-state index contributed by atoms with van der Waals surface area (Å²) in [5.74, 6) is 0.360. The number of imide groups is 1. The van der Waals surface area contributed by atoms with Gasteiger partial charge in [0.15, 0.2) is 18.1 Å². The molecule has 3 amide bonds. The molecule has 0 saturated carbocycles. The van der Waals surface area contributed by atoms with Gasteiger partial charge < -0.3 is 19.5 Å². The first-order chi connectivity index (χ1) is 18.3. The Labute approximate surface area is 236 Å². The first-order valence-corrected chi connectivity index (χ1v) is 13.0. The van der Waals surface area contributed by atoms with Gasteiger partial charge in [0.1, 0.15) is 5.75 Å². The highest BCUT2D eigenvalue weighted by Gasteiger charge is 2.36. The van der Waals surface area contributed by atoms with Crippen molar-refractivity contribution in [3.8, 4) is 17.2 Å². The Bertz CT molecular complexity index is 1500. The van der Waals surface area contributed by atoms with Crippen LogP contribution in [0.3, 0.4) is 0 Å². The Balaban J connectivity index is 1.31. The van der Waals surface area contributed by atoms with Gasteiger partial charge in [0.05, 0.1) is 22.2 Å². The van der Waals surface area contributed by atoms with Crippen molar-refractivity contribution in [2.24, 2.45) is 0 Å². The summed E-state index contributed by atoms with van der Waals surface area (Å²) >= 11 is 19.4. The minimum absolute atomic E-state index is 0.0431. The number of fused-ring (bicyclic) bond motifs is 1. The molecule has 0 aromatic heterocycles. The van der Waals surface area contributed by atoms with Gasteiger partial charge >= 0.3 is 0 Å². The topological polar surface area (TPSA) is 94.2 Å². The molecule has 2 aliphatic rings. The standard InChI is InChI=1S/C26H17Cl3N2O6S/c27-16-5-6-20(35-12-24(32)30-19-4-2-1-3-17(19)28)14(7-16)9-23-25(33)31(26(34)38-23)11-15-8-21-22(10-18(15)29)37-13-36-21/h1-10H,11-13H2,(H,30,32)/b23-9-. The van der Waals surface area contributed by atoms with Crippen LogP contribution >= 0.6 is 46.6 Å². The van der Waals surface area contributed by atoms with Crippen LogP contribution < -0.4 is 19.5 Å². The molecular weight excluding hydrogens is 575 g/mol. The van der Waals surface area contributed by atoms with E-state index in [0.717, 1.165) is 16.7 Å². The molecule has 0 atom stereocenters. The van der Waals surface area contributed by atoms with Gasteiger partial charge in [-0.2, -0.15) is 0 Å². The Kier molecular flexibility index (Phi) is 7.71. The van der Waals surface area contributed by atoms with Crippen LogP contribution in [-0.2, 0) is 16.1 Å². The lowest BCUT2D eigenvalue weighted by molar-refractivity contribution is -0.123. The molecule has 0 aliphatic carbocycles. The number of halogens is 3. The number of para-hydroxylation sites is 1. The van der Waals surface area contributed by atoms with Crippen LogP contribution in [0, 0.1) is 0 Å². The normalized spacial score (nSPS) is 15.3. The van der Waals surface area contributed by atoms with E-state index in [2.05, 4.69) is 5.32 Å². The molecule has 3 aromatic carbocycles. The van der Waals surface area contributed by atoms with E-state index in [1.165, 1.54) is 6.08 Å². The quantitative estimate of drug-likeness (QED) is 0.308. The van der Waals surface area contributed by atoms with Crippen LogP contribution in [0.25, 0.3) is 6.08 Å². The fourth-order valence-corrected chi connectivity index (χ4v) is 5.09. The number of thioether (sulfide) groups is 1. The fourth-order valence-electron chi connectivity index (χ4n) is 3.68. The van der Waals surface area contributed by atoms with Crippen LogP contribution in [-0.4, -0.2) is 35.4 Å². The first-order valence-electron chi connectivity index (χ1n) is 11.1. The van der Waals surface area contributed by atoms with Gasteiger partial charge in [0.2, 0.25) is 6.79 Å². The number of rotatable bonds is 7. The highest BCUT2D eigenvalue weighted by atomic mass is 35.5. The van der Waals surface area contributed by atoms with Gasteiger partial charge in [0, 0.05) is 21.7 Å². The number of hydrogen-bond acceptors (Lipinski definition) is 7. The number of carbonyl (C=O) groups excluding carboxylic acids is 3. The zero-order valence-corrected chi connectivity index (χ0v) is 22.4. The Morgan fingerprint density at radius 1 is 1.03 bits per heavy atom. The van der Waals surface area contributed by atoms with Crippen molar-refractivity contribution in [1.29, 1.82) is 0 Å². The number of amides is 3. The summed E-state index contributed by atoms with van der Waals surface area (Å²) in [6.07, 6.45) is 1.50. The van der Waals surface area contributed by atoms with E-state index in [-0.39, 0.29) is 24.8 Å². The molecule has 8 nitrogen and oxygen atoms in total. The predicted molar refractivity (Wildman–Crippen MR) is 146 cm³/mol. The van der Waals surface area contributed by atoms with E-state index in [4.69, 9.17) is 49.0 Å². The summed E-state index contributed by atoms with van der Waals surface area (Å²) < 4.78 is 16.4. The van der Waals surface area contributed by atoms with Crippen molar-refractivity contribution in [2.75, 3.05) is 18.7 Å². The predicted octanol–water partition coefficient (Wildman–Crippen LogP) is 6.63. The van der Waals surface area contributed by atoms with Crippen molar-refractivity contribution in [2.45, 2.75) is 6.54 Å². The Hall–Kier alpha value is -3.37. The SMILES string of the molecule is O=C(COc1ccc(Cl)cc1/C=C1\SC(=O)N(Cc2cc3c(cc2Cl)OCO3)C1=O)Nc1ccccc1Cl. The van der Waals surface area contributed by atoms with Crippen molar-refractivity contribution in [1.82, 2.24) is 4.90 Å². The number of nitrogens with zero attached hydrogens (tertiary/aromatic N) is 1. The van der Waals surface area contributed by atoms with Crippen molar-refractivity contribution < 1.29 is 28.6 Å². The summed E-state index contributed by atoms with van der Waals surface area (Å²) in [7, 11) is 0. The molecule has 0 spiro atoms. The summed E-state index contributed by atoms with van der Waals surface area (Å²) in [6.45, 7) is -0.290. The lowest BCUT2D eigenvalue weighted by Gasteiger charge is -2.14. The number of nitrogens with one attached hydrogen (secondary N) is 1. The van der Waals surface area contributed by atoms with Crippen molar-refractivity contribution in [3.05, 3.63) is 85.7 Å². The molecule has 2 aliphatic heterocycles. The Morgan fingerprint density at radius 3 is 2.58 bits per heavy atom. The van der Waals surface area contributed by atoms with Crippen LogP contribution in [0.4, 0.5) is 10.5 Å². The average molecular weight is 592 g/mol. The number of carbonyl (C=O) groups is 3. The molecule has 0 radical (unpaired) electrons. The van der Waals surface area contributed by atoms with Gasteiger partial charge in [-0.25, -0.2) is 0 Å². The molecule has 0 unspecified atom stereocenters. The third-order valence-corrected chi connectivity index (χ3v) is 7.33. The van der Waals surface area contributed by atoms with Crippen LogP contribution in [0.1, 0.15) is 11.1 Å². The number of benzene rings is 3. The van der Waals surface area contributed by atoms with Crippen molar-refractivity contribution >= 4 is 75.4 Å². The van der Waals surface area contributed by atoms with E-state index in [9.17, 15) is 14.4 Å². The zero-order chi connectivity index (χ0) is 26.8. The molecule has 194 valence electrons. The second-order valence-electron chi connectivity index (χ2n) is 8.06.